The number of phenolic OH excluding ortho intramolecular Hbond substituents is 3. The van der Waals surface area contributed by atoms with Gasteiger partial charge >= 0.3 is 5.97 Å². The molecule has 0 spiro atoms. The highest BCUT2D eigenvalue weighted by atomic mass is 16.5. The lowest BCUT2D eigenvalue weighted by Crippen LogP contribution is -2.33. The molecule has 2 atom stereocenters. The molecule has 0 saturated carbocycles. The van der Waals surface area contributed by atoms with Crippen molar-refractivity contribution in [3.63, 3.8) is 0 Å². The Kier molecular flexibility index (Phi) is 5.64. The molecule has 5 N–H and O–H groups in total. The highest BCUT2D eigenvalue weighted by Crippen LogP contribution is 2.37. The first-order valence-electron chi connectivity index (χ1n) is 6.43. The smallest absolute Gasteiger partial charge is 0.322 e. The zero-order valence-corrected chi connectivity index (χ0v) is 11.7. The molecule has 1 aromatic rings. The van der Waals surface area contributed by atoms with E-state index in [-0.39, 0.29) is 17.4 Å². The van der Waals surface area contributed by atoms with E-state index < -0.39 is 17.8 Å². The van der Waals surface area contributed by atoms with Crippen LogP contribution in [0.2, 0.25) is 0 Å². The average Bonchev–Trinajstić information content (AvgIpc) is 2.43. The van der Waals surface area contributed by atoms with E-state index in [0.29, 0.717) is 24.8 Å². The molecular formula is C14H21NO5. The van der Waals surface area contributed by atoms with Crippen LogP contribution in [-0.4, -0.2) is 34.4 Å². The van der Waals surface area contributed by atoms with Gasteiger partial charge in [-0.05, 0) is 36.8 Å². The van der Waals surface area contributed by atoms with Crippen molar-refractivity contribution in [1.82, 2.24) is 0 Å². The van der Waals surface area contributed by atoms with Gasteiger partial charge < -0.3 is 25.8 Å². The van der Waals surface area contributed by atoms with Gasteiger partial charge in [-0.25, -0.2) is 0 Å². The fourth-order valence-corrected chi connectivity index (χ4v) is 2.01. The van der Waals surface area contributed by atoms with Crippen molar-refractivity contribution in [2.24, 2.45) is 11.7 Å². The summed E-state index contributed by atoms with van der Waals surface area (Å²) in [5.41, 5.74) is 6.22. The fraction of sp³-hybridized carbons (Fsp3) is 0.500. The number of carbonyl (C=O) groups excluding carboxylic acids is 1. The standard InChI is InChI=1S/C14H21NO5/c1-8(7-10(15)14(19)20-2)3-4-9-5-6-11(16)13(18)12(9)17/h5-6,8,10,16-18H,3-4,7,15H2,1-2H3. The number of phenols is 3. The molecule has 0 aliphatic rings. The summed E-state index contributed by atoms with van der Waals surface area (Å²) in [6, 6.07) is 2.23. The Labute approximate surface area is 117 Å². The molecule has 0 saturated heterocycles. The van der Waals surface area contributed by atoms with Crippen molar-refractivity contribution in [2.75, 3.05) is 7.11 Å². The minimum atomic E-state index is -0.656. The second-order valence-corrected chi connectivity index (χ2v) is 4.95. The normalized spacial score (nSPS) is 13.8. The second kappa shape index (κ2) is 7.00. The van der Waals surface area contributed by atoms with Gasteiger partial charge in [0.05, 0.1) is 7.11 Å². The van der Waals surface area contributed by atoms with Gasteiger partial charge in [-0.2, -0.15) is 0 Å². The molecule has 0 heterocycles. The zero-order chi connectivity index (χ0) is 15.3. The molecule has 6 heteroatoms. The zero-order valence-electron chi connectivity index (χ0n) is 11.7. The fourth-order valence-electron chi connectivity index (χ4n) is 2.01. The van der Waals surface area contributed by atoms with Crippen molar-refractivity contribution >= 4 is 5.97 Å². The minimum absolute atomic E-state index is 0.152. The third kappa shape index (κ3) is 4.03. The van der Waals surface area contributed by atoms with Gasteiger partial charge in [0.1, 0.15) is 6.04 Å². The molecule has 0 fully saturated rings. The number of ether oxygens (including phenoxy) is 1. The Morgan fingerprint density at radius 3 is 2.55 bits per heavy atom. The molecule has 1 rings (SSSR count). The van der Waals surface area contributed by atoms with Gasteiger partial charge in [-0.3, -0.25) is 4.79 Å². The van der Waals surface area contributed by atoms with Crippen molar-refractivity contribution in [3.8, 4) is 17.2 Å². The molecule has 1 aromatic carbocycles. The molecule has 0 radical (unpaired) electrons. The van der Waals surface area contributed by atoms with E-state index in [2.05, 4.69) is 4.74 Å². The van der Waals surface area contributed by atoms with Gasteiger partial charge in [0, 0.05) is 0 Å². The number of methoxy groups -OCH3 is 1. The minimum Gasteiger partial charge on any atom is -0.504 e. The highest BCUT2D eigenvalue weighted by molar-refractivity contribution is 5.75. The van der Waals surface area contributed by atoms with Gasteiger partial charge in [0.25, 0.3) is 0 Å². The van der Waals surface area contributed by atoms with Crippen LogP contribution in [0.3, 0.4) is 0 Å². The molecule has 0 amide bonds. The van der Waals surface area contributed by atoms with E-state index in [1.165, 1.54) is 13.2 Å². The number of carbonyl (C=O) groups is 1. The quantitative estimate of drug-likeness (QED) is 0.462. The van der Waals surface area contributed by atoms with Crippen LogP contribution < -0.4 is 5.73 Å². The summed E-state index contributed by atoms with van der Waals surface area (Å²) >= 11 is 0. The van der Waals surface area contributed by atoms with Crippen LogP contribution in [-0.2, 0) is 16.0 Å². The van der Waals surface area contributed by atoms with Crippen LogP contribution in [0.25, 0.3) is 0 Å². The molecule has 112 valence electrons. The van der Waals surface area contributed by atoms with E-state index in [1.807, 2.05) is 6.92 Å². The number of nitrogens with two attached hydrogens (primary N) is 1. The average molecular weight is 283 g/mol. The van der Waals surface area contributed by atoms with E-state index >= 15 is 0 Å². The summed E-state index contributed by atoms with van der Waals surface area (Å²) in [4.78, 5) is 11.2. The maximum Gasteiger partial charge on any atom is 0.322 e. The number of aryl methyl sites for hydroxylation is 1. The van der Waals surface area contributed by atoms with Crippen LogP contribution in [0.5, 0.6) is 17.2 Å². The Morgan fingerprint density at radius 2 is 1.95 bits per heavy atom. The Bertz CT molecular complexity index is 475. The van der Waals surface area contributed by atoms with E-state index in [9.17, 15) is 20.1 Å². The maximum atomic E-state index is 11.2. The van der Waals surface area contributed by atoms with E-state index in [0.717, 1.165) is 0 Å². The SMILES string of the molecule is COC(=O)C(N)CC(C)CCc1ccc(O)c(O)c1O. The molecule has 2 unspecified atom stereocenters. The van der Waals surface area contributed by atoms with Crippen molar-refractivity contribution in [2.45, 2.75) is 32.2 Å². The third-order valence-electron chi connectivity index (χ3n) is 3.28. The molecule has 0 aliphatic heterocycles. The largest absolute Gasteiger partial charge is 0.504 e. The molecule has 0 bridgehead atoms. The van der Waals surface area contributed by atoms with Crippen molar-refractivity contribution in [3.05, 3.63) is 17.7 Å². The summed E-state index contributed by atoms with van der Waals surface area (Å²) in [6.45, 7) is 1.94. The number of benzene rings is 1. The first kappa shape index (κ1) is 16.1. The lowest BCUT2D eigenvalue weighted by molar-refractivity contribution is -0.142. The monoisotopic (exact) mass is 283 g/mol. The second-order valence-electron chi connectivity index (χ2n) is 4.95. The van der Waals surface area contributed by atoms with Crippen LogP contribution in [0.4, 0.5) is 0 Å². The summed E-state index contributed by atoms with van der Waals surface area (Å²) in [5.74, 6) is -1.47. The predicted octanol–water partition coefficient (Wildman–Crippen LogP) is 1.26. The van der Waals surface area contributed by atoms with Crippen LogP contribution in [0, 0.1) is 5.92 Å². The van der Waals surface area contributed by atoms with Gasteiger partial charge in [-0.15, -0.1) is 0 Å². The first-order valence-corrected chi connectivity index (χ1v) is 6.43. The Balaban J connectivity index is 2.55. The summed E-state index contributed by atoms with van der Waals surface area (Å²) in [7, 11) is 1.30. The molecular weight excluding hydrogens is 262 g/mol. The lowest BCUT2D eigenvalue weighted by Gasteiger charge is -2.16. The number of esters is 1. The number of hydrogen-bond donors (Lipinski definition) is 4. The molecule has 0 aromatic heterocycles. The van der Waals surface area contributed by atoms with Crippen LogP contribution in [0.1, 0.15) is 25.3 Å². The summed E-state index contributed by atoms with van der Waals surface area (Å²) in [6.07, 6.45) is 1.68. The van der Waals surface area contributed by atoms with Crippen LogP contribution in [0.15, 0.2) is 12.1 Å². The number of hydrogen-bond acceptors (Lipinski definition) is 6. The summed E-state index contributed by atoms with van der Waals surface area (Å²) < 4.78 is 4.56. The van der Waals surface area contributed by atoms with E-state index in [1.54, 1.807) is 6.07 Å². The van der Waals surface area contributed by atoms with Gasteiger partial charge in [0.2, 0.25) is 5.75 Å². The van der Waals surface area contributed by atoms with E-state index in [4.69, 9.17) is 5.73 Å². The Morgan fingerprint density at radius 1 is 1.30 bits per heavy atom. The summed E-state index contributed by atoms with van der Waals surface area (Å²) in [5, 5.41) is 28.3. The third-order valence-corrected chi connectivity index (χ3v) is 3.28. The topological polar surface area (TPSA) is 113 Å². The number of rotatable bonds is 6. The molecule has 20 heavy (non-hydrogen) atoms. The van der Waals surface area contributed by atoms with Crippen molar-refractivity contribution in [1.29, 1.82) is 0 Å². The van der Waals surface area contributed by atoms with Crippen molar-refractivity contribution < 1.29 is 24.9 Å². The predicted molar refractivity (Wildman–Crippen MR) is 73.5 cm³/mol. The highest BCUT2D eigenvalue weighted by Gasteiger charge is 2.18. The maximum absolute atomic E-state index is 11.2. The van der Waals surface area contributed by atoms with Gasteiger partial charge in [0.15, 0.2) is 11.5 Å². The molecule has 0 aliphatic carbocycles. The molecule has 6 nitrogen and oxygen atoms in total. The van der Waals surface area contributed by atoms with Gasteiger partial charge in [-0.1, -0.05) is 13.0 Å². The number of aromatic hydroxyl groups is 3. The first-order chi connectivity index (χ1) is 9.36. The lowest BCUT2D eigenvalue weighted by atomic mass is 9.94. The van der Waals surface area contributed by atoms with Crippen LogP contribution >= 0.6 is 0 Å². The Hall–Kier alpha value is -1.95.